The highest BCUT2D eigenvalue weighted by atomic mass is 19.1. The summed E-state index contributed by atoms with van der Waals surface area (Å²) in [5, 5.41) is 8.42. The van der Waals surface area contributed by atoms with E-state index in [1.807, 2.05) is 19.1 Å². The second-order valence-corrected chi connectivity index (χ2v) is 6.18. The van der Waals surface area contributed by atoms with Gasteiger partial charge in [0.2, 0.25) is 0 Å². The number of hydrogen-bond donors (Lipinski definition) is 0. The van der Waals surface area contributed by atoms with Crippen LogP contribution in [-0.4, -0.2) is 46.6 Å². The lowest BCUT2D eigenvalue weighted by Gasteiger charge is -2.32. The van der Waals surface area contributed by atoms with E-state index in [1.54, 1.807) is 6.07 Å². The molecule has 4 heterocycles. The lowest BCUT2D eigenvalue weighted by molar-refractivity contribution is -0.0381. The largest absolute Gasteiger partial charge is 0.468 e. The SMILES string of the molecule is Cc1ccc(N2C[C@@H](Oc3ncccc3F)[C@@H]3OCCC[C@@H]32)nn1. The Bertz CT molecular complexity index is 712. The molecule has 6 nitrogen and oxygen atoms in total. The van der Waals surface area contributed by atoms with Gasteiger partial charge in [0, 0.05) is 12.8 Å². The molecule has 2 aliphatic heterocycles. The molecule has 0 amide bonds. The molecule has 2 aromatic heterocycles. The molecule has 2 aliphatic rings. The summed E-state index contributed by atoms with van der Waals surface area (Å²) in [4.78, 5) is 6.14. The summed E-state index contributed by atoms with van der Waals surface area (Å²) in [6, 6.07) is 6.95. The number of aromatic nitrogens is 3. The third-order valence-electron chi connectivity index (χ3n) is 4.54. The van der Waals surface area contributed by atoms with Crippen molar-refractivity contribution >= 4 is 5.82 Å². The van der Waals surface area contributed by atoms with Gasteiger partial charge in [-0.1, -0.05) is 0 Å². The maximum absolute atomic E-state index is 13.9. The Morgan fingerprint density at radius 2 is 2.21 bits per heavy atom. The van der Waals surface area contributed by atoms with Gasteiger partial charge in [0.1, 0.15) is 12.2 Å². The topological polar surface area (TPSA) is 60.4 Å². The van der Waals surface area contributed by atoms with Crippen LogP contribution in [0.25, 0.3) is 0 Å². The van der Waals surface area contributed by atoms with E-state index >= 15 is 0 Å². The first kappa shape index (κ1) is 15.3. The molecule has 4 rings (SSSR count). The normalized spacial score (nSPS) is 26.2. The van der Waals surface area contributed by atoms with Crippen molar-refractivity contribution in [1.82, 2.24) is 15.2 Å². The molecular weight excluding hydrogens is 311 g/mol. The Labute approximate surface area is 139 Å². The summed E-state index contributed by atoms with van der Waals surface area (Å²) in [6.07, 6.45) is 3.09. The Morgan fingerprint density at radius 1 is 1.29 bits per heavy atom. The molecule has 0 aromatic carbocycles. The number of nitrogens with zero attached hydrogens (tertiary/aromatic N) is 4. The lowest BCUT2D eigenvalue weighted by Crippen LogP contribution is -2.43. The molecule has 24 heavy (non-hydrogen) atoms. The monoisotopic (exact) mass is 330 g/mol. The number of hydrogen-bond acceptors (Lipinski definition) is 6. The van der Waals surface area contributed by atoms with E-state index in [0.717, 1.165) is 24.4 Å². The van der Waals surface area contributed by atoms with Crippen LogP contribution in [0.1, 0.15) is 18.5 Å². The van der Waals surface area contributed by atoms with E-state index < -0.39 is 5.82 Å². The van der Waals surface area contributed by atoms with Gasteiger partial charge in [0.05, 0.1) is 18.3 Å². The molecule has 3 atom stereocenters. The van der Waals surface area contributed by atoms with Crippen molar-refractivity contribution in [3.8, 4) is 5.88 Å². The molecule has 0 N–H and O–H groups in total. The fraction of sp³-hybridized carbons (Fsp3) is 0.471. The van der Waals surface area contributed by atoms with Gasteiger partial charge in [-0.05, 0) is 44.0 Å². The number of fused-ring (bicyclic) bond motifs is 1. The third-order valence-corrected chi connectivity index (χ3v) is 4.54. The number of aryl methyl sites for hydroxylation is 1. The molecule has 7 heteroatoms. The summed E-state index contributed by atoms with van der Waals surface area (Å²) in [5.74, 6) is 0.361. The van der Waals surface area contributed by atoms with Gasteiger partial charge in [0.25, 0.3) is 5.88 Å². The van der Waals surface area contributed by atoms with Crippen molar-refractivity contribution in [3.05, 3.63) is 42.0 Å². The number of halogens is 1. The summed E-state index contributed by atoms with van der Waals surface area (Å²) in [5.41, 5.74) is 0.873. The summed E-state index contributed by atoms with van der Waals surface area (Å²) in [7, 11) is 0. The second-order valence-electron chi connectivity index (χ2n) is 6.18. The number of ether oxygens (including phenoxy) is 2. The molecule has 0 radical (unpaired) electrons. The Balaban J connectivity index is 1.59. The van der Waals surface area contributed by atoms with Gasteiger partial charge >= 0.3 is 0 Å². The minimum atomic E-state index is -0.460. The summed E-state index contributed by atoms with van der Waals surface area (Å²) < 4.78 is 25.7. The summed E-state index contributed by atoms with van der Waals surface area (Å²) >= 11 is 0. The van der Waals surface area contributed by atoms with Gasteiger partial charge in [0.15, 0.2) is 11.6 Å². The molecular formula is C17H19FN4O2. The van der Waals surface area contributed by atoms with Crippen LogP contribution in [0, 0.1) is 12.7 Å². The van der Waals surface area contributed by atoms with Crippen molar-refractivity contribution in [3.63, 3.8) is 0 Å². The van der Waals surface area contributed by atoms with Gasteiger partial charge in [-0.25, -0.2) is 9.37 Å². The van der Waals surface area contributed by atoms with Gasteiger partial charge in [-0.15, -0.1) is 5.10 Å². The molecule has 0 bridgehead atoms. The van der Waals surface area contributed by atoms with Crippen molar-refractivity contribution in [2.75, 3.05) is 18.1 Å². The molecule has 2 aromatic rings. The van der Waals surface area contributed by atoms with Crippen molar-refractivity contribution in [2.45, 2.75) is 38.0 Å². The first-order valence-electron chi connectivity index (χ1n) is 8.18. The average Bonchev–Trinajstić information content (AvgIpc) is 2.97. The maximum atomic E-state index is 13.9. The minimum Gasteiger partial charge on any atom is -0.468 e. The van der Waals surface area contributed by atoms with Crippen molar-refractivity contribution in [2.24, 2.45) is 0 Å². The van der Waals surface area contributed by atoms with E-state index in [0.29, 0.717) is 13.2 Å². The Kier molecular flexibility index (Phi) is 4.02. The second kappa shape index (κ2) is 6.32. The first-order valence-corrected chi connectivity index (χ1v) is 8.18. The zero-order chi connectivity index (χ0) is 16.5. The van der Waals surface area contributed by atoms with Gasteiger partial charge in [-0.3, -0.25) is 0 Å². The molecule has 0 saturated carbocycles. The van der Waals surface area contributed by atoms with Crippen molar-refractivity contribution in [1.29, 1.82) is 0 Å². The predicted molar refractivity (Wildman–Crippen MR) is 85.5 cm³/mol. The quantitative estimate of drug-likeness (QED) is 0.859. The maximum Gasteiger partial charge on any atom is 0.250 e. The van der Waals surface area contributed by atoms with E-state index in [2.05, 4.69) is 20.1 Å². The molecule has 0 unspecified atom stereocenters. The van der Waals surface area contributed by atoms with Crippen molar-refractivity contribution < 1.29 is 13.9 Å². The Morgan fingerprint density at radius 3 is 3.00 bits per heavy atom. The van der Waals surface area contributed by atoms with E-state index in [-0.39, 0.29) is 24.1 Å². The number of rotatable bonds is 3. The van der Waals surface area contributed by atoms with Crippen LogP contribution in [0.3, 0.4) is 0 Å². The number of pyridine rings is 1. The van der Waals surface area contributed by atoms with Crippen LogP contribution >= 0.6 is 0 Å². The van der Waals surface area contributed by atoms with Crippen LogP contribution in [-0.2, 0) is 4.74 Å². The zero-order valence-corrected chi connectivity index (χ0v) is 13.4. The fourth-order valence-corrected chi connectivity index (χ4v) is 3.42. The zero-order valence-electron chi connectivity index (χ0n) is 13.4. The first-order chi connectivity index (χ1) is 11.7. The van der Waals surface area contributed by atoms with Crippen LogP contribution in [0.15, 0.2) is 30.5 Å². The highest BCUT2D eigenvalue weighted by Crippen LogP contribution is 2.34. The number of anilines is 1. The molecule has 2 saturated heterocycles. The van der Waals surface area contributed by atoms with Gasteiger partial charge in [-0.2, -0.15) is 5.10 Å². The minimum absolute atomic E-state index is 0.0206. The van der Waals surface area contributed by atoms with Crippen LogP contribution < -0.4 is 9.64 Å². The van der Waals surface area contributed by atoms with Gasteiger partial charge < -0.3 is 14.4 Å². The molecule has 2 fully saturated rings. The highest BCUT2D eigenvalue weighted by Gasteiger charge is 2.46. The molecule has 0 spiro atoms. The summed E-state index contributed by atoms with van der Waals surface area (Å²) in [6.45, 7) is 3.17. The molecule has 126 valence electrons. The highest BCUT2D eigenvalue weighted by molar-refractivity contribution is 5.42. The van der Waals surface area contributed by atoms with E-state index in [9.17, 15) is 4.39 Å². The lowest BCUT2D eigenvalue weighted by atomic mass is 10.0. The van der Waals surface area contributed by atoms with E-state index in [4.69, 9.17) is 9.47 Å². The standard InChI is InChI=1S/C17H19FN4O2/c1-11-6-7-15(21-20-11)22-10-14(16-13(22)5-3-9-23-16)24-17-12(18)4-2-8-19-17/h2,4,6-8,13-14,16H,3,5,9-10H2,1H3/t13-,14+,16+/m0/s1. The van der Waals surface area contributed by atoms with Crippen LogP contribution in [0.5, 0.6) is 5.88 Å². The molecule has 0 aliphatic carbocycles. The van der Waals surface area contributed by atoms with E-state index in [1.165, 1.54) is 12.3 Å². The predicted octanol–water partition coefficient (Wildman–Crippen LogP) is 2.13. The smallest absolute Gasteiger partial charge is 0.250 e. The average molecular weight is 330 g/mol. The third kappa shape index (κ3) is 2.80. The van der Waals surface area contributed by atoms with Crippen LogP contribution in [0.2, 0.25) is 0 Å². The Hall–Kier alpha value is -2.28. The fourth-order valence-electron chi connectivity index (χ4n) is 3.42. The van der Waals surface area contributed by atoms with Crippen LogP contribution in [0.4, 0.5) is 10.2 Å².